The highest BCUT2D eigenvalue weighted by Gasteiger charge is 2.12. The van der Waals surface area contributed by atoms with Crippen molar-refractivity contribution in [3.8, 4) is 5.75 Å². The molecule has 0 aliphatic rings. The number of guanidine groups is 1. The van der Waals surface area contributed by atoms with Crippen molar-refractivity contribution in [2.24, 2.45) is 4.99 Å². The quantitative estimate of drug-likeness (QED) is 0.195. The van der Waals surface area contributed by atoms with Crippen LogP contribution in [-0.2, 0) is 11.3 Å². The third-order valence-electron chi connectivity index (χ3n) is 4.52. The zero-order valence-corrected chi connectivity index (χ0v) is 20.6. The molecule has 1 heterocycles. The maximum Gasteiger partial charge on any atom is 0.239 e. The zero-order chi connectivity index (χ0) is 21.3. The number of carbonyl (C=O) groups excluding carboxylic acids is 1. The first-order chi connectivity index (χ1) is 14.6. The summed E-state index contributed by atoms with van der Waals surface area (Å²) in [6, 6.07) is 17.5. The summed E-state index contributed by atoms with van der Waals surface area (Å²) in [7, 11) is 3.24. The van der Waals surface area contributed by atoms with Gasteiger partial charge < -0.3 is 25.8 Å². The number of nitrogens with one attached hydrogen (secondary N) is 3. The molecule has 0 spiro atoms. The number of hydrogen-bond donors (Lipinski definition) is 4. The van der Waals surface area contributed by atoms with E-state index in [0.29, 0.717) is 19.0 Å². The molecule has 0 aliphatic carbocycles. The first-order valence-electron chi connectivity index (χ1n) is 9.59. The second-order valence-electron chi connectivity index (χ2n) is 6.63. The lowest BCUT2D eigenvalue weighted by Gasteiger charge is -2.14. The third-order valence-corrected chi connectivity index (χ3v) is 5.74. The number of nitrogens with zero attached hydrogens (tertiary/aromatic N) is 1. The Balaban J connectivity index is 0.00000341. The fraction of sp³-hybridized carbons (Fsp3) is 0.273. The molecule has 0 bridgehead atoms. The molecule has 0 aliphatic heterocycles. The summed E-state index contributed by atoms with van der Waals surface area (Å²) in [4.78, 5) is 17.1. The van der Waals surface area contributed by atoms with Gasteiger partial charge in [0.2, 0.25) is 5.91 Å². The number of benzene rings is 2. The van der Waals surface area contributed by atoms with Crippen LogP contribution in [0.15, 0.2) is 59.6 Å². The number of aliphatic hydroxyl groups excluding tert-OH is 1. The SMILES string of the molecule is CN=C(NCC(=O)NCc1ccc(OC)cc1)NCC(O)c1cc2ccccc2s1.I. The fourth-order valence-electron chi connectivity index (χ4n) is 2.85. The molecule has 3 aromatic rings. The van der Waals surface area contributed by atoms with E-state index in [-0.39, 0.29) is 36.4 Å². The van der Waals surface area contributed by atoms with Crippen LogP contribution in [-0.4, -0.2) is 44.2 Å². The van der Waals surface area contributed by atoms with Gasteiger partial charge in [-0.05, 0) is 35.2 Å². The number of ether oxygens (including phenoxy) is 1. The fourth-order valence-corrected chi connectivity index (χ4v) is 3.90. The Kier molecular flexibility index (Phi) is 10.0. The summed E-state index contributed by atoms with van der Waals surface area (Å²) < 4.78 is 6.26. The van der Waals surface area contributed by atoms with Crippen LogP contribution in [0.2, 0.25) is 0 Å². The van der Waals surface area contributed by atoms with Gasteiger partial charge in [0, 0.05) is 29.7 Å². The minimum absolute atomic E-state index is 0. The number of hydrogen-bond acceptors (Lipinski definition) is 5. The number of carbonyl (C=O) groups is 1. The Morgan fingerprint density at radius 3 is 2.55 bits per heavy atom. The van der Waals surface area contributed by atoms with Crippen LogP contribution in [0.5, 0.6) is 5.75 Å². The molecular weight excluding hydrogens is 527 g/mol. The van der Waals surface area contributed by atoms with Gasteiger partial charge in [-0.15, -0.1) is 35.3 Å². The smallest absolute Gasteiger partial charge is 0.239 e. The van der Waals surface area contributed by atoms with Crippen molar-refractivity contribution < 1.29 is 14.6 Å². The molecule has 1 atom stereocenters. The summed E-state index contributed by atoms with van der Waals surface area (Å²) in [5, 5.41) is 20.4. The summed E-state index contributed by atoms with van der Waals surface area (Å²) in [5.74, 6) is 1.08. The van der Waals surface area contributed by atoms with Crippen molar-refractivity contribution in [2.75, 3.05) is 27.2 Å². The van der Waals surface area contributed by atoms with E-state index in [2.05, 4.69) is 20.9 Å². The second kappa shape index (κ2) is 12.5. The molecule has 1 aromatic heterocycles. The maximum atomic E-state index is 12.1. The average molecular weight is 554 g/mol. The normalized spacial score (nSPS) is 12.0. The number of rotatable bonds is 8. The molecule has 0 saturated carbocycles. The van der Waals surface area contributed by atoms with E-state index in [1.54, 1.807) is 25.5 Å². The minimum Gasteiger partial charge on any atom is -0.497 e. The standard InChI is InChI=1S/C22H26N4O3S.HI/c1-23-22(25-13-18(27)20-11-16-5-3-4-6-19(16)30-20)26-14-21(28)24-12-15-7-9-17(29-2)10-8-15;/h3-11,18,27H,12-14H2,1-2H3,(H,24,28)(H2,23,25,26);1H. The van der Waals surface area contributed by atoms with E-state index in [0.717, 1.165) is 26.3 Å². The van der Waals surface area contributed by atoms with Crippen molar-refractivity contribution >= 4 is 57.3 Å². The highest BCUT2D eigenvalue weighted by atomic mass is 127. The van der Waals surface area contributed by atoms with E-state index in [1.165, 1.54) is 0 Å². The summed E-state index contributed by atoms with van der Waals surface area (Å²) in [5.41, 5.74) is 0.984. The number of amides is 1. The van der Waals surface area contributed by atoms with Gasteiger partial charge in [0.1, 0.15) is 11.9 Å². The summed E-state index contributed by atoms with van der Waals surface area (Å²) in [6.07, 6.45) is -0.662. The zero-order valence-electron chi connectivity index (χ0n) is 17.4. The number of aliphatic imine (C=N–C) groups is 1. The van der Waals surface area contributed by atoms with E-state index in [1.807, 2.05) is 54.6 Å². The monoisotopic (exact) mass is 554 g/mol. The minimum atomic E-state index is -0.662. The molecule has 166 valence electrons. The molecule has 0 fully saturated rings. The van der Waals surface area contributed by atoms with Crippen LogP contribution in [0.3, 0.4) is 0 Å². The lowest BCUT2D eigenvalue weighted by atomic mass is 10.2. The Morgan fingerprint density at radius 1 is 1.13 bits per heavy atom. The molecule has 7 nitrogen and oxygen atoms in total. The largest absolute Gasteiger partial charge is 0.497 e. The lowest BCUT2D eigenvalue weighted by Crippen LogP contribution is -2.44. The van der Waals surface area contributed by atoms with Crippen LogP contribution in [0, 0.1) is 0 Å². The average Bonchev–Trinajstić information content (AvgIpc) is 3.22. The predicted octanol–water partition coefficient (Wildman–Crippen LogP) is 3.04. The van der Waals surface area contributed by atoms with Crippen molar-refractivity contribution in [1.82, 2.24) is 16.0 Å². The van der Waals surface area contributed by atoms with Gasteiger partial charge in [0.05, 0.1) is 13.7 Å². The summed E-state index contributed by atoms with van der Waals surface area (Å²) in [6.45, 7) is 0.802. The number of halogens is 1. The molecule has 0 radical (unpaired) electrons. The molecule has 1 amide bonds. The van der Waals surface area contributed by atoms with Crippen LogP contribution < -0.4 is 20.7 Å². The van der Waals surface area contributed by atoms with Gasteiger partial charge in [0.15, 0.2) is 5.96 Å². The first-order valence-corrected chi connectivity index (χ1v) is 10.4. The van der Waals surface area contributed by atoms with Gasteiger partial charge in [-0.25, -0.2) is 0 Å². The van der Waals surface area contributed by atoms with Gasteiger partial charge in [-0.1, -0.05) is 30.3 Å². The van der Waals surface area contributed by atoms with Gasteiger partial charge >= 0.3 is 0 Å². The third kappa shape index (κ3) is 7.37. The Morgan fingerprint density at radius 2 is 1.87 bits per heavy atom. The van der Waals surface area contributed by atoms with Gasteiger partial charge in [-0.3, -0.25) is 9.79 Å². The molecule has 4 N–H and O–H groups in total. The number of thiophene rings is 1. The molecule has 9 heteroatoms. The first kappa shape index (κ1) is 24.9. The van der Waals surface area contributed by atoms with Crippen LogP contribution in [0.1, 0.15) is 16.5 Å². The number of methoxy groups -OCH3 is 1. The Hall–Kier alpha value is -2.37. The predicted molar refractivity (Wildman–Crippen MR) is 136 cm³/mol. The maximum absolute atomic E-state index is 12.1. The van der Waals surface area contributed by atoms with Crippen molar-refractivity contribution in [1.29, 1.82) is 0 Å². The number of fused-ring (bicyclic) bond motifs is 1. The highest BCUT2D eigenvalue weighted by molar-refractivity contribution is 14.0. The highest BCUT2D eigenvalue weighted by Crippen LogP contribution is 2.29. The molecule has 0 saturated heterocycles. The van der Waals surface area contributed by atoms with Crippen molar-refractivity contribution in [3.63, 3.8) is 0 Å². The second-order valence-corrected chi connectivity index (χ2v) is 7.75. The van der Waals surface area contributed by atoms with E-state index in [4.69, 9.17) is 4.74 Å². The van der Waals surface area contributed by atoms with Crippen LogP contribution in [0.4, 0.5) is 0 Å². The molecule has 2 aromatic carbocycles. The Labute approximate surface area is 202 Å². The van der Waals surface area contributed by atoms with Gasteiger partial charge in [-0.2, -0.15) is 0 Å². The van der Waals surface area contributed by atoms with E-state index >= 15 is 0 Å². The van der Waals surface area contributed by atoms with Crippen LogP contribution in [0.25, 0.3) is 10.1 Å². The van der Waals surface area contributed by atoms with E-state index in [9.17, 15) is 9.90 Å². The molecule has 1 unspecified atom stereocenters. The number of aliphatic hydroxyl groups is 1. The van der Waals surface area contributed by atoms with Crippen molar-refractivity contribution in [3.05, 3.63) is 65.0 Å². The van der Waals surface area contributed by atoms with Crippen LogP contribution >= 0.6 is 35.3 Å². The molecule has 31 heavy (non-hydrogen) atoms. The Bertz CT molecular complexity index is 974. The topological polar surface area (TPSA) is 95.0 Å². The van der Waals surface area contributed by atoms with E-state index < -0.39 is 6.10 Å². The lowest BCUT2D eigenvalue weighted by molar-refractivity contribution is -0.120. The van der Waals surface area contributed by atoms with Crippen molar-refractivity contribution in [2.45, 2.75) is 12.6 Å². The van der Waals surface area contributed by atoms with Gasteiger partial charge in [0.25, 0.3) is 0 Å². The molecular formula is C22H27IN4O3S. The molecule has 3 rings (SSSR count). The summed E-state index contributed by atoms with van der Waals surface area (Å²) >= 11 is 1.57.